The normalized spacial score (nSPS) is 17.1. The first-order valence-electron chi connectivity index (χ1n) is 7.49. The van der Waals surface area contributed by atoms with E-state index in [-0.39, 0.29) is 12.1 Å². The molecule has 1 aromatic rings. The fourth-order valence-corrected chi connectivity index (χ4v) is 2.67. The van der Waals surface area contributed by atoms with Crippen LogP contribution in [0.4, 0.5) is 14.9 Å². The third kappa shape index (κ3) is 4.43. The molecule has 1 aliphatic carbocycles. The highest BCUT2D eigenvalue weighted by molar-refractivity contribution is 5.89. The van der Waals surface area contributed by atoms with Crippen molar-refractivity contribution in [2.45, 2.75) is 44.1 Å². The summed E-state index contributed by atoms with van der Waals surface area (Å²) in [7, 11) is 0. The maximum atomic E-state index is 13.2. The number of rotatable bonds is 3. The first-order chi connectivity index (χ1) is 10.5. The lowest BCUT2D eigenvalue weighted by molar-refractivity contribution is 0.0281. The molecule has 2 amide bonds. The van der Waals surface area contributed by atoms with Gasteiger partial charge < -0.3 is 15.7 Å². The maximum absolute atomic E-state index is 13.2. The second-order valence-electron chi connectivity index (χ2n) is 5.75. The van der Waals surface area contributed by atoms with E-state index in [0.29, 0.717) is 18.5 Å². The van der Waals surface area contributed by atoms with E-state index in [1.54, 1.807) is 6.07 Å². The van der Waals surface area contributed by atoms with Crippen LogP contribution in [0.2, 0.25) is 0 Å². The third-order valence-electron chi connectivity index (χ3n) is 3.96. The van der Waals surface area contributed by atoms with Crippen LogP contribution in [0.15, 0.2) is 18.2 Å². The molecular formula is C16H20FN3O2. The molecular weight excluding hydrogens is 285 g/mol. The molecule has 22 heavy (non-hydrogen) atoms. The van der Waals surface area contributed by atoms with Crippen LogP contribution in [0, 0.1) is 17.1 Å². The third-order valence-corrected chi connectivity index (χ3v) is 3.96. The molecule has 0 bridgehead atoms. The molecule has 0 aromatic heterocycles. The molecule has 1 fully saturated rings. The van der Waals surface area contributed by atoms with Gasteiger partial charge in [0.1, 0.15) is 11.9 Å². The molecule has 0 heterocycles. The summed E-state index contributed by atoms with van der Waals surface area (Å²) in [6.45, 7) is 0.186. The number of benzene rings is 1. The van der Waals surface area contributed by atoms with Crippen molar-refractivity contribution in [3.63, 3.8) is 0 Å². The smallest absolute Gasteiger partial charge is 0.319 e. The Hall–Kier alpha value is -2.13. The second-order valence-corrected chi connectivity index (χ2v) is 5.75. The SMILES string of the molecule is N#Cc1cc(NC(=O)NCC2(O)CCCCCC2)ccc1F. The highest BCUT2D eigenvalue weighted by atomic mass is 19.1. The molecule has 0 unspecified atom stereocenters. The van der Waals surface area contributed by atoms with Crippen molar-refractivity contribution in [1.29, 1.82) is 5.26 Å². The monoisotopic (exact) mass is 305 g/mol. The maximum Gasteiger partial charge on any atom is 0.319 e. The van der Waals surface area contributed by atoms with Crippen molar-refractivity contribution >= 4 is 11.7 Å². The van der Waals surface area contributed by atoms with Crippen LogP contribution in [0.5, 0.6) is 0 Å². The molecule has 5 nitrogen and oxygen atoms in total. The summed E-state index contributed by atoms with van der Waals surface area (Å²) >= 11 is 0. The van der Waals surface area contributed by atoms with Crippen molar-refractivity contribution in [1.82, 2.24) is 5.32 Å². The Bertz CT molecular complexity index is 575. The highest BCUT2D eigenvalue weighted by Gasteiger charge is 2.28. The Balaban J connectivity index is 1.89. The predicted octanol–water partition coefficient (Wildman–Crippen LogP) is 2.90. The van der Waals surface area contributed by atoms with Gasteiger partial charge in [0.2, 0.25) is 0 Å². The van der Waals surface area contributed by atoms with Gasteiger partial charge in [-0.1, -0.05) is 25.7 Å². The van der Waals surface area contributed by atoms with Gasteiger partial charge in [-0.3, -0.25) is 0 Å². The van der Waals surface area contributed by atoms with Gasteiger partial charge in [-0.25, -0.2) is 9.18 Å². The molecule has 6 heteroatoms. The van der Waals surface area contributed by atoms with Crippen molar-refractivity contribution in [2.24, 2.45) is 0 Å². The molecule has 0 saturated heterocycles. The van der Waals surface area contributed by atoms with E-state index < -0.39 is 17.4 Å². The average molecular weight is 305 g/mol. The number of nitriles is 1. The van der Waals surface area contributed by atoms with Crippen molar-refractivity contribution in [3.05, 3.63) is 29.6 Å². The molecule has 0 atom stereocenters. The average Bonchev–Trinajstić information content (AvgIpc) is 2.72. The topological polar surface area (TPSA) is 85.2 Å². The first kappa shape index (κ1) is 16.2. The van der Waals surface area contributed by atoms with E-state index in [1.807, 2.05) is 0 Å². The summed E-state index contributed by atoms with van der Waals surface area (Å²) in [5.74, 6) is -0.624. The van der Waals surface area contributed by atoms with Gasteiger partial charge in [-0.2, -0.15) is 5.26 Å². The van der Waals surface area contributed by atoms with Crippen molar-refractivity contribution in [2.75, 3.05) is 11.9 Å². The summed E-state index contributed by atoms with van der Waals surface area (Å²) in [4.78, 5) is 11.9. The van der Waals surface area contributed by atoms with Crippen molar-refractivity contribution in [3.8, 4) is 6.07 Å². The van der Waals surface area contributed by atoms with Gasteiger partial charge in [0.05, 0.1) is 11.2 Å². The number of carbonyl (C=O) groups is 1. The lowest BCUT2D eigenvalue weighted by atomic mass is 9.95. The summed E-state index contributed by atoms with van der Waals surface area (Å²) < 4.78 is 13.2. The number of nitrogens with one attached hydrogen (secondary N) is 2. The number of aliphatic hydroxyl groups is 1. The molecule has 1 saturated carbocycles. The summed E-state index contributed by atoms with van der Waals surface area (Å²) in [5.41, 5.74) is -0.641. The Morgan fingerprint density at radius 3 is 2.64 bits per heavy atom. The van der Waals surface area contributed by atoms with E-state index in [2.05, 4.69) is 10.6 Å². The number of anilines is 1. The van der Waals surface area contributed by atoms with E-state index in [9.17, 15) is 14.3 Å². The quantitative estimate of drug-likeness (QED) is 0.751. The molecule has 1 aliphatic rings. The fourth-order valence-electron chi connectivity index (χ4n) is 2.67. The number of amides is 2. The molecule has 0 radical (unpaired) electrons. The Kier molecular flexibility index (Phi) is 5.34. The van der Waals surface area contributed by atoms with Crippen LogP contribution >= 0.6 is 0 Å². The lowest BCUT2D eigenvalue weighted by Gasteiger charge is -2.26. The van der Waals surface area contributed by atoms with Gasteiger partial charge in [0.15, 0.2) is 0 Å². The molecule has 2 rings (SSSR count). The number of halogens is 1. The first-order valence-corrected chi connectivity index (χ1v) is 7.49. The van der Waals surface area contributed by atoms with Gasteiger partial charge >= 0.3 is 6.03 Å². The zero-order valence-electron chi connectivity index (χ0n) is 12.4. The second kappa shape index (κ2) is 7.23. The summed E-state index contributed by atoms with van der Waals surface area (Å²) in [6.07, 6.45) is 5.51. The van der Waals surface area contributed by atoms with Crippen LogP contribution in [-0.2, 0) is 0 Å². The lowest BCUT2D eigenvalue weighted by Crippen LogP contribution is -2.44. The van der Waals surface area contributed by atoms with E-state index in [0.717, 1.165) is 31.7 Å². The van der Waals surface area contributed by atoms with Crippen LogP contribution in [0.25, 0.3) is 0 Å². The minimum atomic E-state index is -0.853. The van der Waals surface area contributed by atoms with Crippen LogP contribution in [0.1, 0.15) is 44.1 Å². The largest absolute Gasteiger partial charge is 0.388 e. The summed E-state index contributed by atoms with van der Waals surface area (Å²) in [6, 6.07) is 5.03. The summed E-state index contributed by atoms with van der Waals surface area (Å²) in [5, 5.41) is 24.4. The minimum absolute atomic E-state index is 0.125. The van der Waals surface area contributed by atoms with Gasteiger partial charge in [0.25, 0.3) is 0 Å². The number of hydrogen-bond donors (Lipinski definition) is 3. The standard InChI is InChI=1S/C16H20FN3O2/c17-14-6-5-13(9-12(14)10-18)20-15(21)19-11-16(22)7-3-1-2-4-8-16/h5-6,9,22H,1-4,7-8,11H2,(H2,19,20,21). The number of nitrogens with zero attached hydrogens (tertiary/aromatic N) is 1. The van der Waals surface area contributed by atoms with Gasteiger partial charge in [-0.15, -0.1) is 0 Å². The Labute approximate surface area is 129 Å². The fraction of sp³-hybridized carbons (Fsp3) is 0.500. The van der Waals surface area contributed by atoms with Crippen LogP contribution < -0.4 is 10.6 Å². The zero-order valence-corrected chi connectivity index (χ0v) is 12.4. The van der Waals surface area contributed by atoms with Crippen LogP contribution in [-0.4, -0.2) is 23.3 Å². The minimum Gasteiger partial charge on any atom is -0.388 e. The van der Waals surface area contributed by atoms with E-state index in [4.69, 9.17) is 5.26 Å². The molecule has 118 valence electrons. The van der Waals surface area contributed by atoms with E-state index >= 15 is 0 Å². The van der Waals surface area contributed by atoms with Crippen LogP contribution in [0.3, 0.4) is 0 Å². The molecule has 0 aliphatic heterocycles. The molecule has 3 N–H and O–H groups in total. The van der Waals surface area contributed by atoms with E-state index in [1.165, 1.54) is 12.1 Å². The van der Waals surface area contributed by atoms with Gasteiger partial charge in [0, 0.05) is 12.2 Å². The number of hydrogen-bond acceptors (Lipinski definition) is 3. The predicted molar refractivity (Wildman–Crippen MR) is 80.8 cm³/mol. The highest BCUT2D eigenvalue weighted by Crippen LogP contribution is 2.26. The van der Waals surface area contributed by atoms with Crippen molar-refractivity contribution < 1.29 is 14.3 Å². The number of urea groups is 1. The molecule has 0 spiro atoms. The Morgan fingerprint density at radius 2 is 2.00 bits per heavy atom. The Morgan fingerprint density at radius 1 is 1.32 bits per heavy atom. The van der Waals surface area contributed by atoms with Gasteiger partial charge in [-0.05, 0) is 31.0 Å². The number of carbonyl (C=O) groups excluding carboxylic acids is 1. The zero-order chi connectivity index (χ0) is 16.0. The molecule has 1 aromatic carbocycles.